The van der Waals surface area contributed by atoms with E-state index in [1.807, 2.05) is 4.90 Å². The molecule has 1 aromatic rings. The molecule has 1 N–H and O–H groups in total. The fraction of sp³-hybridized carbons (Fsp3) is 0.500. The van der Waals surface area contributed by atoms with Crippen LogP contribution >= 0.6 is 0 Å². The van der Waals surface area contributed by atoms with Gasteiger partial charge in [0.1, 0.15) is 11.9 Å². The van der Waals surface area contributed by atoms with Crippen LogP contribution in [0.25, 0.3) is 0 Å². The minimum atomic E-state index is -3.21. The van der Waals surface area contributed by atoms with Crippen molar-refractivity contribution < 1.29 is 22.7 Å². The third-order valence-corrected chi connectivity index (χ3v) is 6.72. The molecule has 3 aliphatic rings. The second kappa shape index (κ2) is 7.58. The van der Waals surface area contributed by atoms with Gasteiger partial charge >= 0.3 is 0 Å². The number of rotatable bonds is 5. The van der Waals surface area contributed by atoms with Gasteiger partial charge in [0, 0.05) is 42.8 Å². The van der Waals surface area contributed by atoms with E-state index in [0.29, 0.717) is 24.4 Å². The Hall–Kier alpha value is -2.35. The molecule has 1 saturated heterocycles. The lowest BCUT2D eigenvalue weighted by Gasteiger charge is -2.32. The summed E-state index contributed by atoms with van der Waals surface area (Å²) in [6, 6.07) is 6.39. The minimum absolute atomic E-state index is 0.0180. The fourth-order valence-electron chi connectivity index (χ4n) is 3.60. The van der Waals surface area contributed by atoms with Gasteiger partial charge in [0.25, 0.3) is 5.91 Å². The lowest BCUT2D eigenvalue weighted by Crippen LogP contribution is -2.42. The van der Waals surface area contributed by atoms with E-state index in [1.54, 1.807) is 24.3 Å². The molecule has 1 atom stereocenters. The monoisotopic (exact) mass is 404 g/mol. The summed E-state index contributed by atoms with van der Waals surface area (Å²) in [6.45, 7) is 1.42. The van der Waals surface area contributed by atoms with Gasteiger partial charge in [-0.3, -0.25) is 9.59 Å². The van der Waals surface area contributed by atoms with Gasteiger partial charge in [-0.2, -0.15) is 0 Å². The molecule has 0 bridgehead atoms. The van der Waals surface area contributed by atoms with E-state index in [1.165, 1.54) is 6.08 Å². The molecule has 0 aromatic heterocycles. The van der Waals surface area contributed by atoms with E-state index in [9.17, 15) is 18.0 Å². The van der Waals surface area contributed by atoms with Crippen LogP contribution in [0.2, 0.25) is 0 Å². The predicted molar refractivity (Wildman–Crippen MR) is 104 cm³/mol. The molecule has 2 aliphatic heterocycles. The van der Waals surface area contributed by atoms with Crippen LogP contribution in [0.3, 0.4) is 0 Å². The fourth-order valence-corrected chi connectivity index (χ4v) is 4.84. The van der Waals surface area contributed by atoms with Crippen LogP contribution < -0.4 is 10.1 Å². The molecule has 7 nitrogen and oxygen atoms in total. The van der Waals surface area contributed by atoms with Crippen molar-refractivity contribution in [2.75, 3.05) is 18.8 Å². The van der Waals surface area contributed by atoms with Gasteiger partial charge in [-0.05, 0) is 37.1 Å². The molecular formula is C20H24N2O5S. The molecule has 1 saturated carbocycles. The summed E-state index contributed by atoms with van der Waals surface area (Å²) in [5, 5.41) is 3.85. The molecular weight excluding hydrogens is 380 g/mol. The third-order valence-electron chi connectivity index (χ3n) is 5.33. The van der Waals surface area contributed by atoms with Crippen LogP contribution in [0.5, 0.6) is 5.75 Å². The van der Waals surface area contributed by atoms with Crippen LogP contribution in [0.1, 0.15) is 36.0 Å². The molecule has 0 unspecified atom stereocenters. The Bertz CT molecular complexity index is 899. The number of piperidine rings is 1. The van der Waals surface area contributed by atoms with Crippen LogP contribution in [-0.2, 0) is 14.6 Å². The Morgan fingerprint density at radius 3 is 2.50 bits per heavy atom. The largest absolute Gasteiger partial charge is 0.490 e. The van der Waals surface area contributed by atoms with Crippen LogP contribution in [-0.4, -0.2) is 56.1 Å². The predicted octanol–water partition coefficient (Wildman–Crippen LogP) is 1.51. The Balaban J connectivity index is 1.31. The lowest BCUT2D eigenvalue weighted by atomic mass is 10.1. The summed E-state index contributed by atoms with van der Waals surface area (Å²) in [5.74, 6) is 0.696. The molecule has 2 heterocycles. The molecule has 28 heavy (non-hydrogen) atoms. The first-order chi connectivity index (χ1) is 13.4. The van der Waals surface area contributed by atoms with E-state index in [-0.39, 0.29) is 29.6 Å². The Labute approximate surface area is 164 Å². The lowest BCUT2D eigenvalue weighted by molar-refractivity contribution is -0.134. The maximum Gasteiger partial charge on any atom is 0.251 e. The average molecular weight is 404 g/mol. The van der Waals surface area contributed by atoms with Crippen molar-refractivity contribution in [3.05, 3.63) is 41.3 Å². The van der Waals surface area contributed by atoms with E-state index < -0.39 is 15.9 Å². The van der Waals surface area contributed by atoms with Crippen molar-refractivity contribution in [1.29, 1.82) is 0 Å². The molecule has 8 heteroatoms. The standard InChI is InChI=1S/C20H24N2O5S/c23-19(21-16-8-11-28(25,26)13-16)15-2-1-3-18(12-15)27-17-6-9-22(10-7-17)20(24)14-4-5-14/h1-3,8,11-12,14,16-17H,4-7,9-10,13H2,(H,21,23)/t16-/m0/s1. The zero-order valence-electron chi connectivity index (χ0n) is 15.5. The highest BCUT2D eigenvalue weighted by Crippen LogP contribution is 2.32. The van der Waals surface area contributed by atoms with Gasteiger partial charge in [0.05, 0.1) is 11.8 Å². The molecule has 2 amide bonds. The van der Waals surface area contributed by atoms with Crippen molar-refractivity contribution in [3.63, 3.8) is 0 Å². The first-order valence-electron chi connectivity index (χ1n) is 9.67. The van der Waals surface area contributed by atoms with E-state index in [0.717, 1.165) is 31.1 Å². The summed E-state index contributed by atoms with van der Waals surface area (Å²) >= 11 is 0. The molecule has 1 aromatic carbocycles. The van der Waals surface area contributed by atoms with Crippen molar-refractivity contribution in [1.82, 2.24) is 10.2 Å². The number of sulfone groups is 1. The molecule has 0 radical (unpaired) electrons. The second-order valence-corrected chi connectivity index (χ2v) is 9.61. The van der Waals surface area contributed by atoms with Crippen LogP contribution in [0, 0.1) is 5.92 Å². The van der Waals surface area contributed by atoms with E-state index >= 15 is 0 Å². The number of carbonyl (C=O) groups is 2. The molecule has 0 spiro atoms. The topological polar surface area (TPSA) is 92.8 Å². The zero-order valence-corrected chi connectivity index (χ0v) is 16.4. The number of likely N-dealkylation sites (tertiary alicyclic amines) is 1. The van der Waals surface area contributed by atoms with Crippen LogP contribution in [0.4, 0.5) is 0 Å². The number of hydrogen-bond donors (Lipinski definition) is 1. The van der Waals surface area contributed by atoms with Crippen molar-refractivity contribution >= 4 is 21.7 Å². The third kappa shape index (κ3) is 4.55. The first kappa shape index (κ1) is 19.0. The number of hydrogen-bond acceptors (Lipinski definition) is 5. The van der Waals surface area contributed by atoms with Gasteiger partial charge in [-0.1, -0.05) is 6.07 Å². The quantitative estimate of drug-likeness (QED) is 0.803. The van der Waals surface area contributed by atoms with Crippen molar-refractivity contribution in [2.24, 2.45) is 5.92 Å². The normalized spacial score (nSPS) is 24.1. The smallest absolute Gasteiger partial charge is 0.251 e. The van der Waals surface area contributed by atoms with Gasteiger partial charge in [-0.25, -0.2) is 8.42 Å². The minimum Gasteiger partial charge on any atom is -0.490 e. The number of carbonyl (C=O) groups excluding carboxylic acids is 2. The highest BCUT2D eigenvalue weighted by atomic mass is 32.2. The van der Waals surface area contributed by atoms with Gasteiger partial charge in [0.15, 0.2) is 9.84 Å². The number of benzene rings is 1. The summed E-state index contributed by atoms with van der Waals surface area (Å²) in [7, 11) is -3.21. The summed E-state index contributed by atoms with van der Waals surface area (Å²) < 4.78 is 28.9. The van der Waals surface area contributed by atoms with Crippen molar-refractivity contribution in [3.8, 4) is 5.75 Å². The maximum absolute atomic E-state index is 12.4. The number of amides is 2. The van der Waals surface area contributed by atoms with Gasteiger partial charge in [-0.15, -0.1) is 0 Å². The number of ether oxygens (including phenoxy) is 1. The van der Waals surface area contributed by atoms with Gasteiger partial charge in [0.2, 0.25) is 5.91 Å². The average Bonchev–Trinajstić information content (AvgIpc) is 3.46. The Kier molecular flexibility index (Phi) is 5.14. The molecule has 150 valence electrons. The molecule has 1 aliphatic carbocycles. The molecule has 4 rings (SSSR count). The molecule has 2 fully saturated rings. The van der Waals surface area contributed by atoms with E-state index in [4.69, 9.17) is 4.74 Å². The highest BCUT2D eigenvalue weighted by Gasteiger charge is 2.35. The number of nitrogens with zero attached hydrogens (tertiary/aromatic N) is 1. The van der Waals surface area contributed by atoms with Crippen LogP contribution in [0.15, 0.2) is 35.7 Å². The highest BCUT2D eigenvalue weighted by molar-refractivity contribution is 7.94. The Morgan fingerprint density at radius 2 is 1.86 bits per heavy atom. The zero-order chi connectivity index (χ0) is 19.7. The van der Waals surface area contributed by atoms with Gasteiger partial charge < -0.3 is 15.0 Å². The first-order valence-corrected chi connectivity index (χ1v) is 11.4. The summed E-state index contributed by atoms with van der Waals surface area (Å²) in [6.07, 6.45) is 5.10. The second-order valence-electron chi connectivity index (χ2n) is 7.68. The van der Waals surface area contributed by atoms with Crippen molar-refractivity contribution in [2.45, 2.75) is 37.8 Å². The summed E-state index contributed by atoms with van der Waals surface area (Å²) in [4.78, 5) is 26.5. The maximum atomic E-state index is 12.4. The van der Waals surface area contributed by atoms with E-state index in [2.05, 4.69) is 5.32 Å². The Morgan fingerprint density at radius 1 is 1.11 bits per heavy atom. The summed E-state index contributed by atoms with van der Waals surface area (Å²) in [5.41, 5.74) is 0.427. The number of nitrogens with one attached hydrogen (secondary N) is 1. The SMILES string of the molecule is O=C(N[C@H]1C=CS(=O)(=O)C1)c1cccc(OC2CCN(C(=O)C3CC3)CC2)c1.